The van der Waals surface area contributed by atoms with Crippen LogP contribution in [0.4, 0.5) is 0 Å². The van der Waals surface area contributed by atoms with Crippen molar-refractivity contribution in [3.8, 4) is 0 Å². The highest BCUT2D eigenvalue weighted by atomic mass is 16.3. The first-order chi connectivity index (χ1) is 12.1. The third-order valence-corrected chi connectivity index (χ3v) is 4.73. The molecule has 2 atom stereocenters. The Balaban J connectivity index is 1.64. The highest BCUT2D eigenvalue weighted by molar-refractivity contribution is 5.97. The van der Waals surface area contributed by atoms with E-state index in [1.165, 1.54) is 18.1 Å². The number of hydrogen-bond acceptors (Lipinski definition) is 3. The van der Waals surface area contributed by atoms with Crippen LogP contribution >= 0.6 is 0 Å². The summed E-state index contributed by atoms with van der Waals surface area (Å²) in [5.74, 6) is -0.302. The SMILES string of the molecule is C[C@@H](NC(=O)c1ccoc1)C(=O)N1CCCC[C@@H]1Cc1ccccc1. The normalized spacial score (nSPS) is 18.6. The predicted octanol–water partition coefficient (Wildman–Crippen LogP) is 3.02. The summed E-state index contributed by atoms with van der Waals surface area (Å²) in [5.41, 5.74) is 1.67. The minimum Gasteiger partial charge on any atom is -0.472 e. The van der Waals surface area contributed by atoms with Gasteiger partial charge in [0.2, 0.25) is 5.91 Å². The maximum atomic E-state index is 12.9. The molecule has 0 aliphatic carbocycles. The zero-order chi connectivity index (χ0) is 17.6. The van der Waals surface area contributed by atoms with Gasteiger partial charge in [0.15, 0.2) is 0 Å². The molecule has 0 bridgehead atoms. The van der Waals surface area contributed by atoms with E-state index in [-0.39, 0.29) is 17.9 Å². The summed E-state index contributed by atoms with van der Waals surface area (Å²) in [6.45, 7) is 2.50. The Hall–Kier alpha value is -2.56. The highest BCUT2D eigenvalue weighted by Crippen LogP contribution is 2.21. The number of nitrogens with one attached hydrogen (secondary N) is 1. The Morgan fingerprint density at radius 3 is 2.76 bits per heavy atom. The Kier molecular flexibility index (Phi) is 5.53. The second kappa shape index (κ2) is 8.01. The van der Waals surface area contributed by atoms with Crippen molar-refractivity contribution >= 4 is 11.8 Å². The molecule has 5 nitrogen and oxygen atoms in total. The molecule has 5 heteroatoms. The second-order valence-electron chi connectivity index (χ2n) is 6.58. The van der Waals surface area contributed by atoms with E-state index in [0.717, 1.165) is 32.2 Å². The molecule has 0 radical (unpaired) electrons. The van der Waals surface area contributed by atoms with Crippen molar-refractivity contribution in [3.63, 3.8) is 0 Å². The lowest BCUT2D eigenvalue weighted by atomic mass is 9.95. The van der Waals surface area contributed by atoms with Crippen molar-refractivity contribution in [2.24, 2.45) is 0 Å². The topological polar surface area (TPSA) is 62.6 Å². The highest BCUT2D eigenvalue weighted by Gasteiger charge is 2.30. The van der Waals surface area contributed by atoms with Crippen LogP contribution in [0.1, 0.15) is 42.1 Å². The summed E-state index contributed by atoms with van der Waals surface area (Å²) in [6.07, 6.45) is 6.84. The molecule has 1 N–H and O–H groups in total. The lowest BCUT2D eigenvalue weighted by molar-refractivity contribution is -0.136. The maximum Gasteiger partial charge on any atom is 0.255 e. The van der Waals surface area contributed by atoms with Gasteiger partial charge < -0.3 is 14.6 Å². The number of amides is 2. The van der Waals surface area contributed by atoms with E-state index < -0.39 is 6.04 Å². The number of hydrogen-bond donors (Lipinski definition) is 1. The lowest BCUT2D eigenvalue weighted by Crippen LogP contribution is -2.52. The number of nitrogens with zero attached hydrogens (tertiary/aromatic N) is 1. The standard InChI is InChI=1S/C20H24N2O3/c1-15(21-19(23)17-10-12-25-14-17)20(24)22-11-6-5-9-18(22)13-16-7-3-2-4-8-16/h2-4,7-8,10,12,14-15,18H,5-6,9,11,13H2,1H3,(H,21,23)/t15-,18-/m1/s1. The molecule has 132 valence electrons. The van der Waals surface area contributed by atoms with E-state index >= 15 is 0 Å². The molecule has 2 amide bonds. The van der Waals surface area contributed by atoms with E-state index in [1.807, 2.05) is 23.1 Å². The molecule has 0 spiro atoms. The van der Waals surface area contributed by atoms with Gasteiger partial charge in [-0.3, -0.25) is 9.59 Å². The molecule has 1 aliphatic rings. The molecule has 0 saturated carbocycles. The molecule has 1 aliphatic heterocycles. The van der Waals surface area contributed by atoms with Crippen molar-refractivity contribution < 1.29 is 14.0 Å². The van der Waals surface area contributed by atoms with E-state index in [0.29, 0.717) is 5.56 Å². The van der Waals surface area contributed by atoms with Crippen molar-refractivity contribution in [2.45, 2.75) is 44.7 Å². The maximum absolute atomic E-state index is 12.9. The summed E-state index contributed by atoms with van der Waals surface area (Å²) >= 11 is 0. The average Bonchev–Trinajstić information content (AvgIpc) is 3.17. The van der Waals surface area contributed by atoms with Crippen LogP contribution in [0, 0.1) is 0 Å². The summed E-state index contributed by atoms with van der Waals surface area (Å²) in [7, 11) is 0. The van der Waals surface area contributed by atoms with Gasteiger partial charge in [0.1, 0.15) is 12.3 Å². The molecule has 1 aromatic heterocycles. The summed E-state index contributed by atoms with van der Waals surface area (Å²) in [4.78, 5) is 27.0. The van der Waals surface area contributed by atoms with Gasteiger partial charge in [0, 0.05) is 12.6 Å². The first-order valence-corrected chi connectivity index (χ1v) is 8.82. The average molecular weight is 340 g/mol. The zero-order valence-corrected chi connectivity index (χ0v) is 14.5. The monoisotopic (exact) mass is 340 g/mol. The summed E-state index contributed by atoms with van der Waals surface area (Å²) < 4.78 is 4.92. The number of piperidine rings is 1. The molecule has 2 heterocycles. The first kappa shape index (κ1) is 17.3. The molecule has 0 unspecified atom stereocenters. The fourth-order valence-electron chi connectivity index (χ4n) is 3.37. The van der Waals surface area contributed by atoms with Crippen LogP contribution in [0.3, 0.4) is 0 Å². The van der Waals surface area contributed by atoms with Crippen LogP contribution in [0.15, 0.2) is 53.3 Å². The predicted molar refractivity (Wildman–Crippen MR) is 95.1 cm³/mol. The van der Waals surface area contributed by atoms with Crippen LogP contribution < -0.4 is 5.32 Å². The van der Waals surface area contributed by atoms with Crippen LogP contribution in [0.5, 0.6) is 0 Å². The van der Waals surface area contributed by atoms with Crippen LogP contribution in [0.25, 0.3) is 0 Å². The molecule has 2 aromatic rings. The minimum atomic E-state index is -0.557. The lowest BCUT2D eigenvalue weighted by Gasteiger charge is -2.37. The molecule has 25 heavy (non-hydrogen) atoms. The third kappa shape index (κ3) is 4.29. The van der Waals surface area contributed by atoms with Crippen molar-refractivity contribution in [1.29, 1.82) is 0 Å². The van der Waals surface area contributed by atoms with Gasteiger partial charge in [-0.25, -0.2) is 0 Å². The number of rotatable bonds is 5. The molecule has 1 aromatic carbocycles. The van der Waals surface area contributed by atoms with Gasteiger partial charge in [-0.15, -0.1) is 0 Å². The molecule has 3 rings (SSSR count). The van der Waals surface area contributed by atoms with Crippen molar-refractivity contribution in [1.82, 2.24) is 10.2 Å². The number of likely N-dealkylation sites (tertiary alicyclic amines) is 1. The number of carbonyl (C=O) groups is 2. The molecule has 1 saturated heterocycles. The van der Waals surface area contributed by atoms with Crippen LogP contribution in [-0.2, 0) is 11.2 Å². The Bertz CT molecular complexity index is 697. The van der Waals surface area contributed by atoms with Crippen molar-refractivity contribution in [3.05, 3.63) is 60.1 Å². The third-order valence-electron chi connectivity index (χ3n) is 4.73. The van der Waals surface area contributed by atoms with Crippen LogP contribution in [0.2, 0.25) is 0 Å². The quantitative estimate of drug-likeness (QED) is 0.910. The van der Waals surface area contributed by atoms with E-state index in [9.17, 15) is 9.59 Å². The number of carbonyl (C=O) groups excluding carboxylic acids is 2. The Labute approximate surface area is 148 Å². The van der Waals surface area contributed by atoms with Crippen molar-refractivity contribution in [2.75, 3.05) is 6.54 Å². The minimum absolute atomic E-state index is 0.0162. The number of benzene rings is 1. The molecule has 1 fully saturated rings. The zero-order valence-electron chi connectivity index (χ0n) is 14.5. The second-order valence-corrected chi connectivity index (χ2v) is 6.58. The Morgan fingerprint density at radius 1 is 1.24 bits per heavy atom. The van der Waals surface area contributed by atoms with E-state index in [4.69, 9.17) is 4.42 Å². The van der Waals surface area contributed by atoms with Crippen LogP contribution in [-0.4, -0.2) is 35.3 Å². The van der Waals surface area contributed by atoms with Gasteiger partial charge in [-0.05, 0) is 44.2 Å². The fourth-order valence-corrected chi connectivity index (χ4v) is 3.37. The van der Waals surface area contributed by atoms with E-state index in [2.05, 4.69) is 17.4 Å². The molecular weight excluding hydrogens is 316 g/mol. The largest absolute Gasteiger partial charge is 0.472 e. The number of furan rings is 1. The first-order valence-electron chi connectivity index (χ1n) is 8.82. The van der Waals surface area contributed by atoms with Gasteiger partial charge in [-0.2, -0.15) is 0 Å². The van der Waals surface area contributed by atoms with Gasteiger partial charge >= 0.3 is 0 Å². The fraction of sp³-hybridized carbons (Fsp3) is 0.400. The molecular formula is C20H24N2O3. The smallest absolute Gasteiger partial charge is 0.255 e. The Morgan fingerprint density at radius 2 is 2.04 bits per heavy atom. The van der Waals surface area contributed by atoms with Gasteiger partial charge in [-0.1, -0.05) is 30.3 Å². The van der Waals surface area contributed by atoms with Gasteiger partial charge in [0.25, 0.3) is 5.91 Å². The summed E-state index contributed by atoms with van der Waals surface area (Å²) in [5, 5.41) is 2.77. The van der Waals surface area contributed by atoms with E-state index in [1.54, 1.807) is 13.0 Å². The summed E-state index contributed by atoms with van der Waals surface area (Å²) in [6, 6.07) is 11.5. The van der Waals surface area contributed by atoms with Gasteiger partial charge in [0.05, 0.1) is 11.8 Å².